The van der Waals surface area contributed by atoms with E-state index in [0.29, 0.717) is 29.8 Å². The highest BCUT2D eigenvalue weighted by atomic mass is 16.5. The van der Waals surface area contributed by atoms with Gasteiger partial charge >= 0.3 is 5.97 Å². The molecule has 7 heteroatoms. The maximum atomic E-state index is 12.6. The molecule has 1 amide bonds. The second-order valence-corrected chi connectivity index (χ2v) is 7.41. The molecule has 0 radical (unpaired) electrons. The monoisotopic (exact) mass is 374 g/mol. The molecule has 1 atom stereocenters. The number of nitrogens with zero attached hydrogens (tertiary/aromatic N) is 2. The lowest BCUT2D eigenvalue weighted by atomic mass is 10.0. The molecule has 148 valence electrons. The van der Waals surface area contributed by atoms with Crippen molar-refractivity contribution in [2.75, 3.05) is 19.0 Å². The molecule has 2 N–H and O–H groups in total. The Hall–Kier alpha value is -2.44. The van der Waals surface area contributed by atoms with Crippen molar-refractivity contribution < 1.29 is 14.3 Å². The Morgan fingerprint density at radius 3 is 2.59 bits per heavy atom. The topological polar surface area (TPSA) is 93.2 Å². The van der Waals surface area contributed by atoms with Gasteiger partial charge in [0, 0.05) is 12.6 Å². The van der Waals surface area contributed by atoms with E-state index in [-0.39, 0.29) is 11.9 Å². The number of esters is 1. The molecule has 1 aromatic heterocycles. The normalized spacial score (nSPS) is 15.9. The van der Waals surface area contributed by atoms with Crippen LogP contribution in [0.4, 0.5) is 5.82 Å². The number of hydrogen-bond acceptors (Lipinski definition) is 6. The van der Waals surface area contributed by atoms with Crippen molar-refractivity contribution >= 4 is 23.8 Å². The fourth-order valence-corrected chi connectivity index (χ4v) is 3.18. The number of methoxy groups -OCH3 is 1. The largest absolute Gasteiger partial charge is 0.466 e. The lowest BCUT2D eigenvalue weighted by Crippen LogP contribution is -2.42. The number of amides is 1. The Balaban J connectivity index is 1.94. The second-order valence-electron chi connectivity index (χ2n) is 7.41. The molecule has 1 aromatic rings. The lowest BCUT2D eigenvalue weighted by molar-refractivity contribution is -0.134. The summed E-state index contributed by atoms with van der Waals surface area (Å²) < 4.78 is 4.54. The standard InChI is InChI=1S/C20H30N4O3/c1-14(2)10-17(20(26)23-11-15-6-4-5-7-15)24-18-13-21-16(12-22-18)8-9-19(25)27-3/h8-9,12-15,17H,4-7,10-11H2,1-3H3,(H,22,24)(H,23,26)/t17-/m1/s1. The summed E-state index contributed by atoms with van der Waals surface area (Å²) in [7, 11) is 1.32. The van der Waals surface area contributed by atoms with E-state index in [1.807, 2.05) is 0 Å². The molecule has 0 unspecified atom stereocenters. The van der Waals surface area contributed by atoms with E-state index in [1.165, 1.54) is 44.9 Å². The van der Waals surface area contributed by atoms with Crippen LogP contribution in [0, 0.1) is 11.8 Å². The third kappa shape index (κ3) is 7.37. The van der Waals surface area contributed by atoms with Gasteiger partial charge in [-0.15, -0.1) is 0 Å². The van der Waals surface area contributed by atoms with Gasteiger partial charge in [-0.05, 0) is 37.2 Å². The smallest absolute Gasteiger partial charge is 0.330 e. The van der Waals surface area contributed by atoms with Crippen molar-refractivity contribution in [3.63, 3.8) is 0 Å². The van der Waals surface area contributed by atoms with E-state index in [4.69, 9.17) is 0 Å². The molecule has 0 aliphatic heterocycles. The summed E-state index contributed by atoms with van der Waals surface area (Å²) in [6.07, 6.45) is 11.6. The Kier molecular flexibility index (Phi) is 8.23. The zero-order valence-corrected chi connectivity index (χ0v) is 16.4. The summed E-state index contributed by atoms with van der Waals surface area (Å²) in [6, 6.07) is -0.350. The van der Waals surface area contributed by atoms with Gasteiger partial charge in [-0.3, -0.25) is 9.78 Å². The van der Waals surface area contributed by atoms with Crippen LogP contribution in [0.2, 0.25) is 0 Å². The predicted molar refractivity (Wildman–Crippen MR) is 105 cm³/mol. The van der Waals surface area contributed by atoms with Crippen LogP contribution in [-0.2, 0) is 14.3 Å². The molecule has 1 heterocycles. The zero-order valence-electron chi connectivity index (χ0n) is 16.4. The van der Waals surface area contributed by atoms with E-state index >= 15 is 0 Å². The first kappa shape index (κ1) is 20.9. The van der Waals surface area contributed by atoms with Crippen molar-refractivity contribution in [2.24, 2.45) is 11.8 Å². The van der Waals surface area contributed by atoms with Gasteiger partial charge in [-0.25, -0.2) is 9.78 Å². The Morgan fingerprint density at radius 2 is 2.00 bits per heavy atom. The number of carbonyl (C=O) groups is 2. The van der Waals surface area contributed by atoms with Crippen LogP contribution in [0.15, 0.2) is 18.5 Å². The van der Waals surface area contributed by atoms with Gasteiger partial charge in [0.15, 0.2) is 0 Å². The average Bonchev–Trinajstić information content (AvgIpc) is 3.18. The molecule has 1 saturated carbocycles. The number of ether oxygens (including phenoxy) is 1. The Morgan fingerprint density at radius 1 is 1.26 bits per heavy atom. The fraction of sp³-hybridized carbons (Fsp3) is 0.600. The molecule has 27 heavy (non-hydrogen) atoms. The summed E-state index contributed by atoms with van der Waals surface area (Å²) in [6.45, 7) is 4.93. The molecule has 2 rings (SSSR count). The van der Waals surface area contributed by atoms with Gasteiger partial charge in [-0.2, -0.15) is 0 Å². The molecule has 0 spiro atoms. The minimum Gasteiger partial charge on any atom is -0.466 e. The van der Waals surface area contributed by atoms with Crippen LogP contribution in [-0.4, -0.2) is 41.5 Å². The van der Waals surface area contributed by atoms with Gasteiger partial charge in [0.05, 0.1) is 25.2 Å². The van der Waals surface area contributed by atoms with Gasteiger partial charge in [-0.1, -0.05) is 26.7 Å². The second kappa shape index (κ2) is 10.6. The van der Waals surface area contributed by atoms with Crippen molar-refractivity contribution in [2.45, 2.75) is 52.0 Å². The molecule has 0 aromatic carbocycles. The van der Waals surface area contributed by atoms with Crippen LogP contribution in [0.3, 0.4) is 0 Å². The first-order valence-corrected chi connectivity index (χ1v) is 9.60. The number of aromatic nitrogens is 2. The molecule has 1 fully saturated rings. The van der Waals surface area contributed by atoms with Crippen molar-refractivity contribution in [3.8, 4) is 0 Å². The average molecular weight is 374 g/mol. The van der Waals surface area contributed by atoms with E-state index in [0.717, 1.165) is 6.54 Å². The SMILES string of the molecule is COC(=O)C=Cc1cnc(N[C@H](CC(C)C)C(=O)NCC2CCCC2)cn1. The van der Waals surface area contributed by atoms with E-state index in [9.17, 15) is 9.59 Å². The Labute approximate surface area is 161 Å². The molecule has 0 bridgehead atoms. The number of rotatable bonds is 9. The number of anilines is 1. The van der Waals surface area contributed by atoms with E-state index < -0.39 is 5.97 Å². The van der Waals surface area contributed by atoms with Gasteiger partial charge in [0.1, 0.15) is 11.9 Å². The van der Waals surface area contributed by atoms with E-state index in [1.54, 1.807) is 12.4 Å². The molecule has 1 aliphatic rings. The quantitative estimate of drug-likeness (QED) is 0.510. The lowest BCUT2D eigenvalue weighted by Gasteiger charge is -2.21. The van der Waals surface area contributed by atoms with Crippen molar-refractivity contribution in [3.05, 3.63) is 24.2 Å². The maximum absolute atomic E-state index is 12.6. The van der Waals surface area contributed by atoms with E-state index in [2.05, 4.69) is 39.2 Å². The highest BCUT2D eigenvalue weighted by Crippen LogP contribution is 2.23. The molecular weight excluding hydrogens is 344 g/mol. The zero-order chi connectivity index (χ0) is 19.6. The van der Waals surface area contributed by atoms with Crippen molar-refractivity contribution in [1.82, 2.24) is 15.3 Å². The van der Waals surface area contributed by atoms with Crippen LogP contribution in [0.1, 0.15) is 51.6 Å². The van der Waals surface area contributed by atoms with Gasteiger partial charge in [0.2, 0.25) is 5.91 Å². The number of hydrogen-bond donors (Lipinski definition) is 2. The van der Waals surface area contributed by atoms with Crippen molar-refractivity contribution in [1.29, 1.82) is 0 Å². The van der Waals surface area contributed by atoms with Crippen LogP contribution in [0.5, 0.6) is 0 Å². The minimum absolute atomic E-state index is 0.00654. The number of carbonyl (C=O) groups excluding carboxylic acids is 2. The summed E-state index contributed by atoms with van der Waals surface area (Å²) >= 11 is 0. The highest BCUT2D eigenvalue weighted by Gasteiger charge is 2.22. The first-order valence-electron chi connectivity index (χ1n) is 9.60. The molecule has 1 aliphatic carbocycles. The third-order valence-electron chi connectivity index (χ3n) is 4.65. The van der Waals surface area contributed by atoms with Gasteiger partial charge in [0.25, 0.3) is 0 Å². The summed E-state index contributed by atoms with van der Waals surface area (Å²) in [5, 5.41) is 6.28. The third-order valence-corrected chi connectivity index (χ3v) is 4.65. The Bertz CT molecular complexity index is 637. The first-order chi connectivity index (χ1) is 13.0. The number of nitrogens with one attached hydrogen (secondary N) is 2. The van der Waals surface area contributed by atoms with Crippen LogP contribution in [0.25, 0.3) is 6.08 Å². The summed E-state index contributed by atoms with van der Waals surface area (Å²) in [4.78, 5) is 32.3. The predicted octanol–water partition coefficient (Wildman–Crippen LogP) is 2.80. The van der Waals surface area contributed by atoms with Crippen LogP contribution < -0.4 is 10.6 Å². The maximum Gasteiger partial charge on any atom is 0.330 e. The van der Waals surface area contributed by atoms with Gasteiger partial charge < -0.3 is 15.4 Å². The fourth-order valence-electron chi connectivity index (χ4n) is 3.18. The summed E-state index contributed by atoms with van der Waals surface area (Å²) in [5.74, 6) is 1.07. The summed E-state index contributed by atoms with van der Waals surface area (Å²) in [5.41, 5.74) is 0.539. The minimum atomic E-state index is -0.449. The van der Waals surface area contributed by atoms with Crippen LogP contribution >= 0.6 is 0 Å². The highest BCUT2D eigenvalue weighted by molar-refractivity contribution is 5.86. The molecule has 7 nitrogen and oxygen atoms in total. The molecule has 0 saturated heterocycles. The molecular formula is C20H30N4O3.